The fourth-order valence-corrected chi connectivity index (χ4v) is 2.93. The Morgan fingerprint density at radius 3 is 2.62 bits per heavy atom. The molecule has 0 saturated carbocycles. The molecule has 1 amide bonds. The number of hydrogen-bond acceptors (Lipinski definition) is 4. The highest BCUT2D eigenvalue weighted by atomic mass is 16.5. The molecule has 134 valence electrons. The summed E-state index contributed by atoms with van der Waals surface area (Å²) in [5.41, 5.74) is 1.10. The van der Waals surface area contributed by atoms with Gasteiger partial charge in [0.1, 0.15) is 11.3 Å². The minimum Gasteiger partial charge on any atom is -0.496 e. The third kappa shape index (κ3) is 3.61. The van der Waals surface area contributed by atoms with Crippen LogP contribution in [-0.4, -0.2) is 24.5 Å². The topological polar surface area (TPSA) is 59.8 Å². The number of ether oxygens (including phenoxy) is 1. The minimum atomic E-state index is -0.305. The molecule has 0 aliphatic heterocycles. The second-order valence-corrected chi connectivity index (χ2v) is 6.01. The average Bonchev–Trinajstić information content (AvgIpc) is 2.67. The number of amides is 1. The Labute approximate surface area is 151 Å². The van der Waals surface area contributed by atoms with Crippen molar-refractivity contribution in [1.82, 2.24) is 4.90 Å². The highest BCUT2D eigenvalue weighted by Crippen LogP contribution is 2.21. The first kappa shape index (κ1) is 17.7. The smallest absolute Gasteiger partial charge is 0.290 e. The van der Waals surface area contributed by atoms with Crippen LogP contribution in [0.4, 0.5) is 0 Å². The molecular formula is C21H21NO4. The number of fused-ring (bicyclic) bond motifs is 1. The van der Waals surface area contributed by atoms with Gasteiger partial charge in [-0.3, -0.25) is 9.59 Å². The standard InChI is InChI=1S/C21H21NO4/c1-3-12-22(14-15-8-4-6-10-18(15)25-2)21(24)20-13-17(23)16-9-5-7-11-19(16)26-20/h4-11,13H,3,12,14H2,1-2H3. The van der Waals surface area contributed by atoms with Crippen LogP contribution in [0.15, 0.2) is 63.8 Å². The Hall–Kier alpha value is -3.08. The van der Waals surface area contributed by atoms with Crippen molar-refractivity contribution in [2.45, 2.75) is 19.9 Å². The van der Waals surface area contributed by atoms with E-state index in [0.29, 0.717) is 24.1 Å². The Balaban J connectivity index is 1.95. The molecule has 0 atom stereocenters. The van der Waals surface area contributed by atoms with Crippen LogP contribution in [0.5, 0.6) is 5.75 Å². The molecule has 2 aromatic carbocycles. The Morgan fingerprint density at radius 2 is 1.85 bits per heavy atom. The monoisotopic (exact) mass is 351 g/mol. The first-order chi connectivity index (χ1) is 12.6. The van der Waals surface area contributed by atoms with Gasteiger partial charge in [-0.2, -0.15) is 0 Å². The van der Waals surface area contributed by atoms with Gasteiger partial charge in [-0.1, -0.05) is 37.3 Å². The van der Waals surface area contributed by atoms with Crippen LogP contribution in [0.25, 0.3) is 11.0 Å². The van der Waals surface area contributed by atoms with Gasteiger partial charge in [-0.15, -0.1) is 0 Å². The van der Waals surface area contributed by atoms with E-state index >= 15 is 0 Å². The van der Waals surface area contributed by atoms with Crippen LogP contribution < -0.4 is 10.2 Å². The fraction of sp³-hybridized carbons (Fsp3) is 0.238. The molecule has 3 rings (SSSR count). The number of hydrogen-bond donors (Lipinski definition) is 0. The maximum absolute atomic E-state index is 13.0. The van der Waals surface area contributed by atoms with E-state index in [1.165, 1.54) is 6.07 Å². The molecule has 1 aromatic heterocycles. The quantitative estimate of drug-likeness (QED) is 0.677. The molecule has 0 aliphatic rings. The summed E-state index contributed by atoms with van der Waals surface area (Å²) in [6, 6.07) is 15.8. The largest absolute Gasteiger partial charge is 0.496 e. The number of methoxy groups -OCH3 is 1. The molecule has 5 heteroatoms. The van der Waals surface area contributed by atoms with E-state index in [-0.39, 0.29) is 17.1 Å². The Morgan fingerprint density at radius 1 is 1.12 bits per heavy atom. The van der Waals surface area contributed by atoms with Gasteiger partial charge in [-0.25, -0.2) is 0 Å². The molecule has 0 saturated heterocycles. The van der Waals surface area contributed by atoms with Crippen LogP contribution in [0.1, 0.15) is 29.5 Å². The van der Waals surface area contributed by atoms with Crippen molar-refractivity contribution in [3.63, 3.8) is 0 Å². The minimum absolute atomic E-state index is 0.0528. The molecule has 3 aromatic rings. The average molecular weight is 351 g/mol. The summed E-state index contributed by atoms with van der Waals surface area (Å²) in [6.07, 6.45) is 0.790. The first-order valence-electron chi connectivity index (χ1n) is 8.58. The SMILES string of the molecule is CCCN(Cc1ccccc1OC)C(=O)c1cc(=O)c2ccccc2o1. The molecule has 1 heterocycles. The predicted octanol–water partition coefficient (Wildman–Crippen LogP) is 3.85. The lowest BCUT2D eigenvalue weighted by molar-refractivity contribution is 0.0710. The summed E-state index contributed by atoms with van der Waals surface area (Å²) in [6.45, 7) is 2.93. The number of rotatable bonds is 6. The fourth-order valence-electron chi connectivity index (χ4n) is 2.93. The molecular weight excluding hydrogens is 330 g/mol. The maximum atomic E-state index is 13.0. The van der Waals surface area contributed by atoms with Crippen molar-refractivity contribution in [1.29, 1.82) is 0 Å². The van der Waals surface area contributed by atoms with Gasteiger partial charge in [-0.05, 0) is 24.6 Å². The van der Waals surface area contributed by atoms with Gasteiger partial charge in [0.05, 0.1) is 12.5 Å². The van der Waals surface area contributed by atoms with Crippen LogP contribution in [0.3, 0.4) is 0 Å². The van der Waals surface area contributed by atoms with Gasteiger partial charge < -0.3 is 14.1 Å². The summed E-state index contributed by atoms with van der Waals surface area (Å²) >= 11 is 0. The van der Waals surface area contributed by atoms with Crippen LogP contribution >= 0.6 is 0 Å². The highest BCUT2D eigenvalue weighted by molar-refractivity contribution is 5.93. The van der Waals surface area contributed by atoms with E-state index < -0.39 is 0 Å². The summed E-state index contributed by atoms with van der Waals surface area (Å²) in [5, 5.41) is 0.468. The van der Waals surface area contributed by atoms with Gasteiger partial charge in [0.15, 0.2) is 11.2 Å². The number of carbonyl (C=O) groups excluding carboxylic acids is 1. The van der Waals surface area contributed by atoms with Crippen LogP contribution in [0, 0.1) is 0 Å². The van der Waals surface area contributed by atoms with E-state index in [2.05, 4.69) is 0 Å². The summed E-state index contributed by atoms with van der Waals surface area (Å²) in [5.74, 6) is 0.471. The highest BCUT2D eigenvalue weighted by Gasteiger charge is 2.20. The van der Waals surface area contributed by atoms with Crippen molar-refractivity contribution in [2.75, 3.05) is 13.7 Å². The van der Waals surface area contributed by atoms with Crippen molar-refractivity contribution in [3.05, 3.63) is 76.1 Å². The molecule has 26 heavy (non-hydrogen) atoms. The zero-order chi connectivity index (χ0) is 18.5. The van der Waals surface area contributed by atoms with Crippen molar-refractivity contribution < 1.29 is 13.9 Å². The molecule has 0 fully saturated rings. The number of para-hydroxylation sites is 2. The van der Waals surface area contributed by atoms with Gasteiger partial charge in [0, 0.05) is 24.7 Å². The summed E-state index contributed by atoms with van der Waals surface area (Å²) in [7, 11) is 1.60. The zero-order valence-corrected chi connectivity index (χ0v) is 14.9. The van der Waals surface area contributed by atoms with Gasteiger partial charge in [0.25, 0.3) is 5.91 Å². The maximum Gasteiger partial charge on any atom is 0.290 e. The molecule has 0 radical (unpaired) electrons. The zero-order valence-electron chi connectivity index (χ0n) is 14.9. The number of benzene rings is 2. The van der Waals surface area contributed by atoms with Crippen LogP contribution in [-0.2, 0) is 6.54 Å². The normalized spacial score (nSPS) is 10.7. The third-order valence-electron chi connectivity index (χ3n) is 4.18. The van der Waals surface area contributed by atoms with Crippen LogP contribution in [0.2, 0.25) is 0 Å². The van der Waals surface area contributed by atoms with E-state index in [1.807, 2.05) is 31.2 Å². The van der Waals surface area contributed by atoms with Gasteiger partial charge in [0.2, 0.25) is 0 Å². The van der Waals surface area contributed by atoms with E-state index in [9.17, 15) is 9.59 Å². The number of nitrogens with zero attached hydrogens (tertiary/aromatic N) is 1. The molecule has 0 bridgehead atoms. The molecule has 0 aliphatic carbocycles. The third-order valence-corrected chi connectivity index (χ3v) is 4.18. The lowest BCUT2D eigenvalue weighted by Gasteiger charge is -2.22. The molecule has 0 N–H and O–H groups in total. The second kappa shape index (κ2) is 7.87. The lowest BCUT2D eigenvalue weighted by Crippen LogP contribution is -2.32. The van der Waals surface area contributed by atoms with Gasteiger partial charge >= 0.3 is 0 Å². The number of carbonyl (C=O) groups is 1. The predicted molar refractivity (Wildman–Crippen MR) is 101 cm³/mol. The second-order valence-electron chi connectivity index (χ2n) is 6.01. The molecule has 0 spiro atoms. The lowest BCUT2D eigenvalue weighted by atomic mass is 10.1. The summed E-state index contributed by atoms with van der Waals surface area (Å²) in [4.78, 5) is 27.0. The van der Waals surface area contributed by atoms with E-state index in [0.717, 1.165) is 17.7 Å². The Bertz CT molecular complexity index is 977. The molecule has 0 unspecified atom stereocenters. The van der Waals surface area contributed by atoms with E-state index in [1.54, 1.807) is 36.3 Å². The van der Waals surface area contributed by atoms with Crippen molar-refractivity contribution in [3.8, 4) is 5.75 Å². The van der Waals surface area contributed by atoms with E-state index in [4.69, 9.17) is 9.15 Å². The van der Waals surface area contributed by atoms with Crippen molar-refractivity contribution >= 4 is 16.9 Å². The molecule has 5 nitrogen and oxygen atoms in total. The summed E-state index contributed by atoms with van der Waals surface area (Å²) < 4.78 is 11.1. The Kier molecular flexibility index (Phi) is 5.37. The first-order valence-corrected chi connectivity index (χ1v) is 8.58. The van der Waals surface area contributed by atoms with Crippen molar-refractivity contribution in [2.24, 2.45) is 0 Å².